The third kappa shape index (κ3) is 8.42. The summed E-state index contributed by atoms with van der Waals surface area (Å²) in [5.74, 6) is 0.727. The Bertz CT molecular complexity index is 328. The number of hydrogen-bond donors (Lipinski definition) is 1. The minimum Gasteiger partial charge on any atom is -0.354 e. The Morgan fingerprint density at radius 1 is 1.05 bits per heavy atom. The van der Waals surface area contributed by atoms with E-state index in [9.17, 15) is 0 Å². The first-order valence-corrected chi connectivity index (χ1v) is 8.57. The standard InChI is InChI=1S/C18H34N2/c1-4-5-6-7-8-9-10-12-20-13-11-18(16-20)15-19-14-17(2)3/h11,13,16-17,19H,4-10,12,14-15H2,1-3H3. The fourth-order valence-corrected chi connectivity index (χ4v) is 2.49. The maximum atomic E-state index is 3.50. The monoisotopic (exact) mass is 278 g/mol. The van der Waals surface area contributed by atoms with Crippen molar-refractivity contribution in [3.8, 4) is 0 Å². The number of rotatable bonds is 12. The van der Waals surface area contributed by atoms with Crippen LogP contribution in [0.2, 0.25) is 0 Å². The van der Waals surface area contributed by atoms with Crippen LogP contribution in [0.3, 0.4) is 0 Å². The van der Waals surface area contributed by atoms with E-state index >= 15 is 0 Å². The van der Waals surface area contributed by atoms with Crippen LogP contribution in [0.4, 0.5) is 0 Å². The molecule has 1 aromatic heterocycles. The molecular weight excluding hydrogens is 244 g/mol. The van der Waals surface area contributed by atoms with Crippen molar-refractivity contribution < 1.29 is 0 Å². The van der Waals surface area contributed by atoms with Gasteiger partial charge in [0.2, 0.25) is 0 Å². The maximum Gasteiger partial charge on any atom is 0.0220 e. The molecule has 2 heteroatoms. The number of aromatic nitrogens is 1. The summed E-state index contributed by atoms with van der Waals surface area (Å²) in [5.41, 5.74) is 1.41. The van der Waals surface area contributed by atoms with Crippen molar-refractivity contribution in [2.75, 3.05) is 6.54 Å². The molecule has 0 aliphatic carbocycles. The van der Waals surface area contributed by atoms with Gasteiger partial charge in [-0.15, -0.1) is 0 Å². The smallest absolute Gasteiger partial charge is 0.0220 e. The average molecular weight is 278 g/mol. The van der Waals surface area contributed by atoms with E-state index < -0.39 is 0 Å². The number of unbranched alkanes of at least 4 members (excludes halogenated alkanes) is 6. The largest absolute Gasteiger partial charge is 0.354 e. The highest BCUT2D eigenvalue weighted by Gasteiger charge is 1.98. The first-order chi connectivity index (χ1) is 9.72. The minimum absolute atomic E-state index is 0.727. The molecule has 20 heavy (non-hydrogen) atoms. The normalized spacial score (nSPS) is 11.4. The van der Waals surface area contributed by atoms with E-state index in [2.05, 4.69) is 49.1 Å². The van der Waals surface area contributed by atoms with Gasteiger partial charge in [-0.25, -0.2) is 0 Å². The van der Waals surface area contributed by atoms with E-state index in [4.69, 9.17) is 0 Å². The molecular formula is C18H34N2. The lowest BCUT2D eigenvalue weighted by Gasteiger charge is -2.06. The first kappa shape index (κ1) is 17.3. The van der Waals surface area contributed by atoms with Gasteiger partial charge in [0, 0.05) is 25.5 Å². The third-order valence-electron chi connectivity index (χ3n) is 3.71. The van der Waals surface area contributed by atoms with Crippen molar-refractivity contribution in [1.29, 1.82) is 0 Å². The predicted octanol–water partition coefficient (Wildman–Crippen LogP) is 4.98. The lowest BCUT2D eigenvalue weighted by atomic mass is 10.1. The van der Waals surface area contributed by atoms with Crippen molar-refractivity contribution >= 4 is 0 Å². The Kier molecular flexibility index (Phi) is 9.48. The summed E-state index contributed by atoms with van der Waals surface area (Å²) < 4.78 is 2.35. The molecule has 116 valence electrons. The summed E-state index contributed by atoms with van der Waals surface area (Å²) in [6, 6.07) is 2.24. The van der Waals surface area contributed by atoms with Crippen LogP contribution in [0.1, 0.15) is 71.3 Å². The molecule has 0 aliphatic rings. The highest BCUT2D eigenvalue weighted by atomic mass is 14.9. The van der Waals surface area contributed by atoms with E-state index in [-0.39, 0.29) is 0 Å². The fraction of sp³-hybridized carbons (Fsp3) is 0.778. The Morgan fingerprint density at radius 3 is 2.45 bits per heavy atom. The van der Waals surface area contributed by atoms with Crippen LogP contribution in [0.15, 0.2) is 18.5 Å². The Morgan fingerprint density at radius 2 is 1.75 bits per heavy atom. The topological polar surface area (TPSA) is 17.0 Å². The molecule has 0 spiro atoms. The van der Waals surface area contributed by atoms with Gasteiger partial charge >= 0.3 is 0 Å². The van der Waals surface area contributed by atoms with Crippen molar-refractivity contribution in [3.63, 3.8) is 0 Å². The molecule has 0 unspecified atom stereocenters. The van der Waals surface area contributed by atoms with Gasteiger partial charge in [-0.3, -0.25) is 0 Å². The molecule has 0 saturated carbocycles. The van der Waals surface area contributed by atoms with Gasteiger partial charge in [0.1, 0.15) is 0 Å². The zero-order chi connectivity index (χ0) is 14.6. The van der Waals surface area contributed by atoms with Gasteiger partial charge in [0.25, 0.3) is 0 Å². The molecule has 0 fully saturated rings. The molecule has 0 bridgehead atoms. The summed E-state index contributed by atoms with van der Waals surface area (Å²) in [5, 5.41) is 3.50. The molecule has 0 amide bonds. The van der Waals surface area contributed by atoms with Crippen LogP contribution in [0.5, 0.6) is 0 Å². The second-order valence-corrected chi connectivity index (χ2v) is 6.40. The number of hydrogen-bond acceptors (Lipinski definition) is 1. The number of aryl methyl sites for hydroxylation is 1. The molecule has 1 aromatic rings. The zero-order valence-electron chi connectivity index (χ0n) is 13.8. The minimum atomic E-state index is 0.727. The van der Waals surface area contributed by atoms with Gasteiger partial charge in [-0.05, 0) is 30.5 Å². The molecule has 0 atom stereocenters. The predicted molar refractivity (Wildman–Crippen MR) is 89.0 cm³/mol. The lowest BCUT2D eigenvalue weighted by Crippen LogP contribution is -2.18. The summed E-state index contributed by atoms with van der Waals surface area (Å²) in [7, 11) is 0. The van der Waals surface area contributed by atoms with Gasteiger partial charge < -0.3 is 9.88 Å². The van der Waals surface area contributed by atoms with E-state index in [0.717, 1.165) is 19.0 Å². The van der Waals surface area contributed by atoms with E-state index in [1.165, 1.54) is 57.1 Å². The van der Waals surface area contributed by atoms with Gasteiger partial charge in [-0.2, -0.15) is 0 Å². The lowest BCUT2D eigenvalue weighted by molar-refractivity contribution is 0.545. The Labute approximate surface area is 126 Å². The Hall–Kier alpha value is -0.760. The molecule has 1 heterocycles. The van der Waals surface area contributed by atoms with Gasteiger partial charge in [-0.1, -0.05) is 59.3 Å². The van der Waals surface area contributed by atoms with Crippen molar-refractivity contribution in [3.05, 3.63) is 24.0 Å². The van der Waals surface area contributed by atoms with Gasteiger partial charge in [0.15, 0.2) is 0 Å². The second-order valence-electron chi connectivity index (χ2n) is 6.40. The summed E-state index contributed by atoms with van der Waals surface area (Å²) >= 11 is 0. The van der Waals surface area contributed by atoms with Crippen LogP contribution in [-0.2, 0) is 13.1 Å². The SMILES string of the molecule is CCCCCCCCCn1ccc(CNCC(C)C)c1. The van der Waals surface area contributed by atoms with Crippen molar-refractivity contribution in [1.82, 2.24) is 9.88 Å². The molecule has 1 rings (SSSR count). The van der Waals surface area contributed by atoms with Crippen LogP contribution in [0, 0.1) is 5.92 Å². The van der Waals surface area contributed by atoms with Crippen LogP contribution < -0.4 is 5.32 Å². The first-order valence-electron chi connectivity index (χ1n) is 8.57. The van der Waals surface area contributed by atoms with Crippen molar-refractivity contribution in [2.24, 2.45) is 5.92 Å². The summed E-state index contributed by atoms with van der Waals surface area (Å²) in [4.78, 5) is 0. The van der Waals surface area contributed by atoms with Gasteiger partial charge in [0.05, 0.1) is 0 Å². The van der Waals surface area contributed by atoms with E-state index in [0.29, 0.717) is 0 Å². The summed E-state index contributed by atoms with van der Waals surface area (Å²) in [6.07, 6.45) is 14.2. The number of nitrogens with zero attached hydrogens (tertiary/aromatic N) is 1. The number of nitrogens with one attached hydrogen (secondary N) is 1. The van der Waals surface area contributed by atoms with Crippen LogP contribution >= 0.6 is 0 Å². The van der Waals surface area contributed by atoms with Crippen molar-refractivity contribution in [2.45, 2.75) is 78.8 Å². The van der Waals surface area contributed by atoms with E-state index in [1.807, 2.05) is 0 Å². The highest BCUT2D eigenvalue weighted by molar-refractivity contribution is 5.09. The molecule has 0 aromatic carbocycles. The molecule has 0 radical (unpaired) electrons. The fourth-order valence-electron chi connectivity index (χ4n) is 2.49. The van der Waals surface area contributed by atoms with E-state index in [1.54, 1.807) is 0 Å². The van der Waals surface area contributed by atoms with Crippen LogP contribution in [-0.4, -0.2) is 11.1 Å². The quantitative estimate of drug-likeness (QED) is 0.533. The second kappa shape index (κ2) is 11.0. The molecule has 1 N–H and O–H groups in total. The van der Waals surface area contributed by atoms with Crippen LogP contribution in [0.25, 0.3) is 0 Å². The summed E-state index contributed by atoms with van der Waals surface area (Å²) in [6.45, 7) is 10.1. The molecule has 0 saturated heterocycles. The highest BCUT2D eigenvalue weighted by Crippen LogP contribution is 2.09. The molecule has 2 nitrogen and oxygen atoms in total. The zero-order valence-corrected chi connectivity index (χ0v) is 13.8. The molecule has 0 aliphatic heterocycles. The Balaban J connectivity index is 2.05. The maximum absolute atomic E-state index is 3.50. The third-order valence-corrected chi connectivity index (χ3v) is 3.71. The average Bonchev–Trinajstić information content (AvgIpc) is 2.85.